The number of carboxylic acid groups (broad SMARTS) is 1. The normalized spacial score (nSPS) is 10.9. The number of hydrogen-bond donors (Lipinski definition) is 2. The van der Waals surface area contributed by atoms with Crippen LogP contribution in [0, 0.1) is 0 Å². The highest BCUT2D eigenvalue weighted by atomic mass is 16.4. The van der Waals surface area contributed by atoms with E-state index in [0.29, 0.717) is 6.54 Å². The van der Waals surface area contributed by atoms with Gasteiger partial charge in [0, 0.05) is 18.8 Å². The van der Waals surface area contributed by atoms with E-state index in [9.17, 15) is 4.79 Å². The van der Waals surface area contributed by atoms with Crippen molar-refractivity contribution in [2.24, 2.45) is 0 Å². The fourth-order valence-corrected chi connectivity index (χ4v) is 0.384. The second-order valence-corrected chi connectivity index (χ2v) is 1.65. The first kappa shape index (κ1) is 8.75. The molecule has 3 heteroatoms. The average molecular weight is 141 g/mol. The lowest BCUT2D eigenvalue weighted by Gasteiger charge is -1.89. The summed E-state index contributed by atoms with van der Waals surface area (Å²) in [6, 6.07) is 0. The predicted molar refractivity (Wildman–Crippen MR) is 39.6 cm³/mol. The van der Waals surface area contributed by atoms with Gasteiger partial charge < -0.3 is 10.4 Å². The summed E-state index contributed by atoms with van der Waals surface area (Å²) in [5, 5.41) is 10.9. The molecule has 0 unspecified atom stereocenters. The quantitative estimate of drug-likeness (QED) is 0.345. The van der Waals surface area contributed by atoms with Crippen molar-refractivity contribution in [3.8, 4) is 0 Å². The van der Waals surface area contributed by atoms with E-state index in [2.05, 4.69) is 5.32 Å². The van der Waals surface area contributed by atoms with Crippen molar-refractivity contribution in [3.63, 3.8) is 0 Å². The second-order valence-electron chi connectivity index (χ2n) is 1.65. The largest absolute Gasteiger partial charge is 0.478 e. The Morgan fingerprint density at radius 2 is 2.40 bits per heavy atom. The minimum atomic E-state index is -0.937. The molecule has 0 aliphatic carbocycles. The van der Waals surface area contributed by atoms with Crippen molar-refractivity contribution in [1.29, 1.82) is 0 Å². The van der Waals surface area contributed by atoms with Crippen LogP contribution in [-0.4, -0.2) is 17.6 Å². The molecule has 0 spiro atoms. The van der Waals surface area contributed by atoms with Gasteiger partial charge in [-0.1, -0.05) is 12.2 Å². The Labute approximate surface area is 60.1 Å². The van der Waals surface area contributed by atoms with Crippen LogP contribution < -0.4 is 5.32 Å². The third-order valence-electron chi connectivity index (χ3n) is 0.815. The molecular weight excluding hydrogens is 130 g/mol. The van der Waals surface area contributed by atoms with E-state index in [1.54, 1.807) is 0 Å². The van der Waals surface area contributed by atoms with E-state index < -0.39 is 5.97 Å². The van der Waals surface area contributed by atoms with Crippen LogP contribution >= 0.6 is 0 Å². The molecule has 0 aromatic carbocycles. The Balaban J connectivity index is 3.27. The standard InChI is InChI=1S/C7H11NO2/c1-2-3-5-8-6-4-7(9)10/h2-4,6,8H,5H2,1H3,(H,9,10)/b3-2+,6-4+. The zero-order valence-corrected chi connectivity index (χ0v) is 5.87. The van der Waals surface area contributed by atoms with Crippen LogP contribution in [-0.2, 0) is 4.79 Å². The van der Waals surface area contributed by atoms with E-state index >= 15 is 0 Å². The Bertz CT molecular complexity index is 150. The summed E-state index contributed by atoms with van der Waals surface area (Å²) in [5.41, 5.74) is 0. The molecule has 0 aliphatic heterocycles. The first-order valence-electron chi connectivity index (χ1n) is 3.01. The Hall–Kier alpha value is -1.25. The summed E-state index contributed by atoms with van der Waals surface area (Å²) in [6.07, 6.45) is 6.25. The van der Waals surface area contributed by atoms with Gasteiger partial charge in [0.15, 0.2) is 0 Å². The number of carbonyl (C=O) groups is 1. The number of rotatable bonds is 4. The highest BCUT2D eigenvalue weighted by Gasteiger charge is 1.80. The summed E-state index contributed by atoms with van der Waals surface area (Å²) < 4.78 is 0. The van der Waals surface area contributed by atoms with Gasteiger partial charge in [-0.25, -0.2) is 4.79 Å². The van der Waals surface area contributed by atoms with E-state index in [1.165, 1.54) is 6.20 Å². The SMILES string of the molecule is C/C=C/CN/C=C/C(=O)O. The predicted octanol–water partition coefficient (Wildman–Crippen LogP) is 0.750. The minimum Gasteiger partial charge on any atom is -0.478 e. The van der Waals surface area contributed by atoms with Crippen LogP contribution in [0.5, 0.6) is 0 Å². The average Bonchev–Trinajstić information content (AvgIpc) is 1.87. The maximum atomic E-state index is 9.89. The lowest BCUT2D eigenvalue weighted by molar-refractivity contribution is -0.131. The van der Waals surface area contributed by atoms with Crippen molar-refractivity contribution in [3.05, 3.63) is 24.4 Å². The third-order valence-corrected chi connectivity index (χ3v) is 0.815. The number of carboxylic acids is 1. The molecule has 0 aromatic heterocycles. The molecule has 0 saturated carbocycles. The van der Waals surface area contributed by atoms with Crippen LogP contribution in [0.3, 0.4) is 0 Å². The Morgan fingerprint density at radius 1 is 1.70 bits per heavy atom. The molecule has 0 atom stereocenters. The van der Waals surface area contributed by atoms with E-state index in [-0.39, 0.29) is 0 Å². The zero-order valence-electron chi connectivity index (χ0n) is 5.87. The maximum Gasteiger partial charge on any atom is 0.329 e. The first-order valence-corrected chi connectivity index (χ1v) is 3.01. The summed E-state index contributed by atoms with van der Waals surface area (Å²) in [5.74, 6) is -0.937. The lowest BCUT2D eigenvalue weighted by Crippen LogP contribution is -2.04. The number of nitrogens with one attached hydrogen (secondary N) is 1. The van der Waals surface area contributed by atoms with Gasteiger partial charge in [-0.3, -0.25) is 0 Å². The van der Waals surface area contributed by atoms with Crippen molar-refractivity contribution < 1.29 is 9.90 Å². The van der Waals surface area contributed by atoms with E-state index in [4.69, 9.17) is 5.11 Å². The van der Waals surface area contributed by atoms with Gasteiger partial charge in [0.05, 0.1) is 0 Å². The van der Waals surface area contributed by atoms with Gasteiger partial charge in [-0.05, 0) is 6.92 Å². The Kier molecular flexibility index (Phi) is 5.14. The second kappa shape index (κ2) is 5.88. The van der Waals surface area contributed by atoms with Crippen molar-refractivity contribution >= 4 is 5.97 Å². The molecule has 0 heterocycles. The van der Waals surface area contributed by atoms with Gasteiger partial charge in [0.1, 0.15) is 0 Å². The number of aliphatic carboxylic acids is 1. The fourth-order valence-electron chi connectivity index (χ4n) is 0.384. The fraction of sp³-hybridized carbons (Fsp3) is 0.286. The topological polar surface area (TPSA) is 49.3 Å². The van der Waals surface area contributed by atoms with Crippen LogP contribution in [0.2, 0.25) is 0 Å². The highest BCUT2D eigenvalue weighted by molar-refractivity contribution is 5.79. The molecule has 0 aliphatic rings. The van der Waals surface area contributed by atoms with Crippen LogP contribution in [0.15, 0.2) is 24.4 Å². The molecule has 0 radical (unpaired) electrons. The summed E-state index contributed by atoms with van der Waals surface area (Å²) in [7, 11) is 0. The van der Waals surface area contributed by atoms with Crippen LogP contribution in [0.4, 0.5) is 0 Å². The third kappa shape index (κ3) is 6.75. The van der Waals surface area contributed by atoms with Crippen molar-refractivity contribution in [1.82, 2.24) is 5.32 Å². The van der Waals surface area contributed by atoms with Crippen LogP contribution in [0.25, 0.3) is 0 Å². The van der Waals surface area contributed by atoms with E-state index in [1.807, 2.05) is 19.1 Å². The number of allylic oxidation sites excluding steroid dienone is 1. The molecule has 56 valence electrons. The zero-order chi connectivity index (χ0) is 7.82. The summed E-state index contributed by atoms with van der Waals surface area (Å²) >= 11 is 0. The van der Waals surface area contributed by atoms with Gasteiger partial charge in [-0.15, -0.1) is 0 Å². The molecule has 0 saturated heterocycles. The van der Waals surface area contributed by atoms with Crippen molar-refractivity contribution in [2.45, 2.75) is 6.92 Å². The molecule has 2 N–H and O–H groups in total. The van der Waals surface area contributed by atoms with Gasteiger partial charge in [0.2, 0.25) is 0 Å². The molecule has 10 heavy (non-hydrogen) atoms. The van der Waals surface area contributed by atoms with Gasteiger partial charge >= 0.3 is 5.97 Å². The molecule has 0 aromatic rings. The minimum absolute atomic E-state index is 0.667. The van der Waals surface area contributed by atoms with Crippen LogP contribution in [0.1, 0.15) is 6.92 Å². The smallest absolute Gasteiger partial charge is 0.329 e. The highest BCUT2D eigenvalue weighted by Crippen LogP contribution is 1.69. The van der Waals surface area contributed by atoms with Gasteiger partial charge in [0.25, 0.3) is 0 Å². The Morgan fingerprint density at radius 3 is 2.90 bits per heavy atom. The molecule has 0 bridgehead atoms. The van der Waals surface area contributed by atoms with Gasteiger partial charge in [-0.2, -0.15) is 0 Å². The van der Waals surface area contributed by atoms with E-state index in [0.717, 1.165) is 6.08 Å². The summed E-state index contributed by atoms with van der Waals surface area (Å²) in [6.45, 7) is 2.57. The molecule has 3 nitrogen and oxygen atoms in total. The molecule has 0 fully saturated rings. The maximum absolute atomic E-state index is 9.89. The first-order chi connectivity index (χ1) is 4.77. The molecule has 0 rings (SSSR count). The summed E-state index contributed by atoms with van der Waals surface area (Å²) in [4.78, 5) is 9.89. The monoisotopic (exact) mass is 141 g/mol. The molecular formula is C7H11NO2. The number of hydrogen-bond acceptors (Lipinski definition) is 2. The molecule has 0 amide bonds. The van der Waals surface area contributed by atoms with Crippen molar-refractivity contribution in [2.75, 3.05) is 6.54 Å². The lowest BCUT2D eigenvalue weighted by atomic mass is 10.5.